The molecule has 3 rings (SSSR count). The van der Waals surface area contributed by atoms with Gasteiger partial charge in [0, 0.05) is 22.3 Å². The van der Waals surface area contributed by atoms with Crippen molar-refractivity contribution in [2.45, 2.75) is 59.0 Å². The van der Waals surface area contributed by atoms with Gasteiger partial charge < -0.3 is 35.0 Å². The Bertz CT molecular complexity index is 1150. The molecule has 0 radical (unpaired) electrons. The molecule has 8 heteroatoms. The third-order valence-corrected chi connectivity index (χ3v) is 6.38. The Kier molecular flexibility index (Phi) is 10.0. The summed E-state index contributed by atoms with van der Waals surface area (Å²) in [5.74, 6) is 0.398. The number of aliphatic hydroxyl groups excluding tert-OH is 4. The standard InChI is InChI=1S/C29H34O8/c1-3-18(2)19-4-6-26(7-5-19)36-9-8-27(34)37-29-24(16-32)12-21(13-25(29)17-33)20-10-22(14-30)28(35)23(11-20)15-31/h4-7,10-13,18,30-33,35H,3,8-9,14-17H2,1-2H3. The maximum atomic E-state index is 12.5. The van der Waals surface area contributed by atoms with Crippen LogP contribution in [0, 0.1) is 0 Å². The van der Waals surface area contributed by atoms with Crippen LogP contribution in [0.3, 0.4) is 0 Å². The third-order valence-electron chi connectivity index (χ3n) is 6.38. The summed E-state index contributed by atoms with van der Waals surface area (Å²) in [5.41, 5.74) is 3.31. The molecule has 3 aromatic rings. The zero-order valence-corrected chi connectivity index (χ0v) is 21.1. The number of rotatable bonds is 12. The first-order valence-corrected chi connectivity index (χ1v) is 12.2. The van der Waals surface area contributed by atoms with Gasteiger partial charge in [-0.2, -0.15) is 0 Å². The number of hydrogen-bond donors (Lipinski definition) is 5. The van der Waals surface area contributed by atoms with E-state index in [4.69, 9.17) is 9.47 Å². The van der Waals surface area contributed by atoms with Gasteiger partial charge in [0.15, 0.2) is 0 Å². The summed E-state index contributed by atoms with van der Waals surface area (Å²) in [7, 11) is 0. The van der Waals surface area contributed by atoms with Crippen LogP contribution in [0.2, 0.25) is 0 Å². The SMILES string of the molecule is CCC(C)c1ccc(OCCC(=O)Oc2c(CO)cc(-c3cc(CO)c(O)c(CO)c3)cc2CO)cc1. The van der Waals surface area contributed by atoms with Gasteiger partial charge in [0.05, 0.1) is 39.5 Å². The second-order valence-corrected chi connectivity index (χ2v) is 8.85. The van der Waals surface area contributed by atoms with Crippen molar-refractivity contribution in [3.8, 4) is 28.4 Å². The first-order valence-electron chi connectivity index (χ1n) is 12.2. The van der Waals surface area contributed by atoms with Crippen LogP contribution in [0.1, 0.15) is 60.4 Å². The summed E-state index contributed by atoms with van der Waals surface area (Å²) in [4.78, 5) is 12.5. The summed E-state index contributed by atoms with van der Waals surface area (Å²) >= 11 is 0. The van der Waals surface area contributed by atoms with Gasteiger partial charge in [-0.3, -0.25) is 4.79 Å². The lowest BCUT2D eigenvalue weighted by Crippen LogP contribution is -2.15. The Morgan fingerprint density at radius 2 is 1.30 bits per heavy atom. The lowest BCUT2D eigenvalue weighted by Gasteiger charge is -2.17. The summed E-state index contributed by atoms with van der Waals surface area (Å²) in [6, 6.07) is 14.0. The molecule has 0 aliphatic heterocycles. The van der Waals surface area contributed by atoms with Gasteiger partial charge >= 0.3 is 5.97 Å². The number of hydrogen-bond acceptors (Lipinski definition) is 8. The van der Waals surface area contributed by atoms with E-state index in [1.54, 1.807) is 24.3 Å². The molecule has 1 atom stereocenters. The van der Waals surface area contributed by atoms with Crippen LogP contribution in [0.15, 0.2) is 48.5 Å². The van der Waals surface area contributed by atoms with Crippen LogP contribution in [-0.4, -0.2) is 38.1 Å². The molecule has 37 heavy (non-hydrogen) atoms. The largest absolute Gasteiger partial charge is 0.507 e. The van der Waals surface area contributed by atoms with Gasteiger partial charge in [-0.25, -0.2) is 0 Å². The Hall–Kier alpha value is -3.43. The van der Waals surface area contributed by atoms with Crippen molar-refractivity contribution in [3.05, 3.63) is 76.3 Å². The van der Waals surface area contributed by atoms with E-state index in [2.05, 4.69) is 13.8 Å². The molecule has 0 saturated carbocycles. The highest BCUT2D eigenvalue weighted by molar-refractivity contribution is 5.76. The van der Waals surface area contributed by atoms with E-state index < -0.39 is 32.4 Å². The van der Waals surface area contributed by atoms with Crippen molar-refractivity contribution in [1.29, 1.82) is 0 Å². The number of benzene rings is 3. The maximum Gasteiger partial charge on any atom is 0.314 e. The molecule has 198 valence electrons. The van der Waals surface area contributed by atoms with Gasteiger partial charge in [-0.1, -0.05) is 26.0 Å². The Balaban J connectivity index is 1.74. The van der Waals surface area contributed by atoms with Gasteiger partial charge in [0.2, 0.25) is 0 Å². The van der Waals surface area contributed by atoms with E-state index in [1.165, 1.54) is 5.56 Å². The van der Waals surface area contributed by atoms with E-state index >= 15 is 0 Å². The van der Waals surface area contributed by atoms with Gasteiger partial charge in [-0.15, -0.1) is 0 Å². The number of carbonyl (C=O) groups is 1. The molecular weight excluding hydrogens is 476 g/mol. The fraction of sp³-hybridized carbons (Fsp3) is 0.345. The number of phenols is 1. The summed E-state index contributed by atoms with van der Waals surface area (Å²) in [6.07, 6.45) is 1.00. The van der Waals surface area contributed by atoms with Crippen molar-refractivity contribution < 1.29 is 39.8 Å². The van der Waals surface area contributed by atoms with E-state index in [1.807, 2.05) is 24.3 Å². The molecule has 0 aliphatic rings. The molecule has 0 aliphatic carbocycles. The molecule has 1 unspecified atom stereocenters. The molecule has 0 saturated heterocycles. The molecule has 0 fully saturated rings. The summed E-state index contributed by atoms with van der Waals surface area (Å²) in [6.45, 7) is 2.60. The van der Waals surface area contributed by atoms with E-state index in [-0.39, 0.29) is 46.8 Å². The van der Waals surface area contributed by atoms with Crippen molar-refractivity contribution in [2.75, 3.05) is 6.61 Å². The molecule has 0 heterocycles. The number of aromatic hydroxyl groups is 1. The van der Waals surface area contributed by atoms with Crippen molar-refractivity contribution in [3.63, 3.8) is 0 Å². The predicted molar refractivity (Wildman–Crippen MR) is 138 cm³/mol. The average Bonchev–Trinajstić information content (AvgIpc) is 2.93. The number of aliphatic hydroxyl groups is 4. The van der Waals surface area contributed by atoms with Crippen LogP contribution in [0.5, 0.6) is 17.2 Å². The monoisotopic (exact) mass is 510 g/mol. The van der Waals surface area contributed by atoms with Crippen LogP contribution in [-0.2, 0) is 31.2 Å². The smallest absolute Gasteiger partial charge is 0.314 e. The lowest BCUT2D eigenvalue weighted by molar-refractivity contribution is -0.135. The molecule has 3 aromatic carbocycles. The topological polar surface area (TPSA) is 137 Å². The molecule has 0 bridgehead atoms. The highest BCUT2D eigenvalue weighted by Crippen LogP contribution is 2.35. The number of ether oxygens (including phenoxy) is 2. The Morgan fingerprint density at radius 3 is 1.76 bits per heavy atom. The van der Waals surface area contributed by atoms with Crippen molar-refractivity contribution >= 4 is 5.97 Å². The molecular formula is C29H34O8. The highest BCUT2D eigenvalue weighted by atomic mass is 16.5. The maximum absolute atomic E-state index is 12.5. The molecule has 8 nitrogen and oxygen atoms in total. The minimum absolute atomic E-state index is 0.0394. The second kappa shape index (κ2) is 13.2. The first-order chi connectivity index (χ1) is 17.8. The molecule has 0 aromatic heterocycles. The van der Waals surface area contributed by atoms with Gasteiger partial charge in [-0.05, 0) is 65.4 Å². The second-order valence-electron chi connectivity index (χ2n) is 8.85. The summed E-state index contributed by atoms with van der Waals surface area (Å²) < 4.78 is 11.2. The predicted octanol–water partition coefficient (Wildman–Crippen LogP) is 3.92. The first kappa shape index (κ1) is 28.1. The molecule has 0 amide bonds. The zero-order valence-electron chi connectivity index (χ0n) is 21.1. The Labute approximate surface area is 216 Å². The van der Waals surface area contributed by atoms with E-state index in [9.17, 15) is 30.3 Å². The quantitative estimate of drug-likeness (QED) is 0.183. The van der Waals surface area contributed by atoms with Crippen LogP contribution >= 0.6 is 0 Å². The fourth-order valence-corrected chi connectivity index (χ4v) is 4.00. The number of carbonyl (C=O) groups excluding carboxylic acids is 1. The average molecular weight is 511 g/mol. The van der Waals surface area contributed by atoms with Crippen molar-refractivity contribution in [2.24, 2.45) is 0 Å². The number of esters is 1. The van der Waals surface area contributed by atoms with E-state index in [0.29, 0.717) is 22.8 Å². The zero-order chi connectivity index (χ0) is 26.9. The minimum Gasteiger partial charge on any atom is -0.507 e. The fourth-order valence-electron chi connectivity index (χ4n) is 4.00. The molecule has 0 spiro atoms. The van der Waals surface area contributed by atoms with Crippen LogP contribution in [0.4, 0.5) is 0 Å². The highest BCUT2D eigenvalue weighted by Gasteiger charge is 2.18. The minimum atomic E-state index is -0.580. The Morgan fingerprint density at radius 1 is 0.811 bits per heavy atom. The van der Waals surface area contributed by atoms with Crippen molar-refractivity contribution in [1.82, 2.24) is 0 Å². The van der Waals surface area contributed by atoms with Crippen LogP contribution < -0.4 is 9.47 Å². The third kappa shape index (κ3) is 6.87. The molecule has 5 N–H and O–H groups in total. The van der Waals surface area contributed by atoms with E-state index in [0.717, 1.165) is 6.42 Å². The van der Waals surface area contributed by atoms with Crippen LogP contribution in [0.25, 0.3) is 11.1 Å². The van der Waals surface area contributed by atoms with Gasteiger partial charge in [0.1, 0.15) is 17.2 Å². The normalized spacial score (nSPS) is 11.8. The van der Waals surface area contributed by atoms with Gasteiger partial charge in [0.25, 0.3) is 0 Å². The lowest BCUT2D eigenvalue weighted by atomic mass is 9.95. The summed E-state index contributed by atoms with van der Waals surface area (Å²) in [5, 5.41) is 49.1.